The number of nitrogens with zero attached hydrogens (tertiary/aromatic N) is 4. The van der Waals surface area contributed by atoms with E-state index in [1.54, 1.807) is 0 Å². The van der Waals surface area contributed by atoms with Crippen LogP contribution in [-0.4, -0.2) is 6.71 Å². The van der Waals surface area contributed by atoms with Crippen LogP contribution >= 0.6 is 0 Å². The number of furan rings is 4. The molecule has 10 aromatic carbocycles. The van der Waals surface area contributed by atoms with Crippen molar-refractivity contribution in [3.05, 3.63) is 272 Å². The van der Waals surface area contributed by atoms with Crippen LogP contribution in [0.1, 0.15) is 52.7 Å². The molecule has 412 valence electrons. The van der Waals surface area contributed by atoms with Gasteiger partial charge in [0.2, 0.25) is 0 Å². The van der Waals surface area contributed by atoms with Gasteiger partial charge in [0, 0.05) is 67.0 Å². The Hall–Kier alpha value is -10.4. The minimum atomic E-state index is -0.205. The third-order valence-corrected chi connectivity index (χ3v) is 16.7. The lowest BCUT2D eigenvalue weighted by Crippen LogP contribution is -2.60. The molecule has 0 bridgehead atoms. The fourth-order valence-electron chi connectivity index (χ4n) is 12.6. The highest BCUT2D eigenvalue weighted by atomic mass is 16.4. The molecule has 0 N–H and O–H groups in total. The van der Waals surface area contributed by atoms with Gasteiger partial charge in [-0.25, -0.2) is 0 Å². The highest BCUT2D eigenvalue weighted by Crippen LogP contribution is 2.51. The zero-order valence-corrected chi connectivity index (χ0v) is 48.3. The predicted molar refractivity (Wildman–Crippen MR) is 353 cm³/mol. The molecule has 2 aliphatic heterocycles. The molecule has 6 heterocycles. The Balaban J connectivity index is 0.000000144. The van der Waals surface area contributed by atoms with Gasteiger partial charge in [0.1, 0.15) is 46.2 Å². The standard InChI is InChI=1S/C38H29BN2O2.C38H32N2O2/c1-38(2,3)24-22-29-33-30(23-24)41(26-16-8-5-9-17-26)35-28-19-11-13-21-32(28)43-37(35)39(33)36-34(27-18-10-12-20-31(27)42-36)40(29)25-14-6-4-7-15-25;1-38(2,3)27-22-30(39(28-14-6-4-7-15-28)34-25-41-36-20-12-10-18-32(34)36)24-31(23-27)40(29-16-8-5-9-17-29)35-26-42-37-21-13-11-19-33(35)37/h4-23H,1-3H3;4-26H,1-3H3. The third kappa shape index (κ3) is 8.76. The summed E-state index contributed by atoms with van der Waals surface area (Å²) in [6.45, 7) is 13.5. The molecule has 0 saturated heterocycles. The Morgan fingerprint density at radius 1 is 0.341 bits per heavy atom. The van der Waals surface area contributed by atoms with E-state index in [9.17, 15) is 0 Å². The molecule has 0 fully saturated rings. The molecule has 8 nitrogen and oxygen atoms in total. The van der Waals surface area contributed by atoms with Crippen LogP contribution in [0, 0.1) is 0 Å². The van der Waals surface area contributed by atoms with Gasteiger partial charge >= 0.3 is 6.71 Å². The van der Waals surface area contributed by atoms with Gasteiger partial charge < -0.3 is 37.3 Å². The lowest BCUT2D eigenvalue weighted by Gasteiger charge is -2.41. The first-order valence-corrected chi connectivity index (χ1v) is 29.2. The zero-order chi connectivity index (χ0) is 57.6. The summed E-state index contributed by atoms with van der Waals surface area (Å²) in [6.07, 6.45) is 3.72. The number of anilines is 12. The first-order valence-electron chi connectivity index (χ1n) is 29.2. The van der Waals surface area contributed by atoms with Crippen LogP contribution in [0.3, 0.4) is 0 Å². The SMILES string of the molecule is CC(C)(C)c1cc(N(c2ccccc2)c2coc3ccccc23)cc(N(c2ccccc2)c2coc3ccccc23)c1.CC(C)(C)c1cc2c3c(c1)N(c1ccccc1)c1c(oc4ccccc14)B3c1oc3ccccc3c1N2c1ccccc1. The Bertz CT molecular complexity index is 4500. The smallest absolute Gasteiger partial charge is 0.342 e. The summed E-state index contributed by atoms with van der Waals surface area (Å²) >= 11 is 0. The normalized spacial score (nSPS) is 12.8. The second-order valence-corrected chi connectivity index (χ2v) is 24.1. The topological polar surface area (TPSA) is 65.5 Å². The van der Waals surface area contributed by atoms with E-state index in [4.69, 9.17) is 17.7 Å². The van der Waals surface area contributed by atoms with Crippen LogP contribution < -0.4 is 36.4 Å². The summed E-state index contributed by atoms with van der Waals surface area (Å²) < 4.78 is 25.8. The number of hydrogen-bond acceptors (Lipinski definition) is 8. The lowest BCUT2D eigenvalue weighted by atomic mass is 9.37. The van der Waals surface area contributed by atoms with Crippen LogP contribution in [-0.2, 0) is 10.8 Å². The summed E-state index contributed by atoms with van der Waals surface area (Å²) in [5.41, 5.74) is 21.7. The maximum atomic E-state index is 6.86. The van der Waals surface area contributed by atoms with Gasteiger partial charge in [-0.05, 0) is 155 Å². The average Bonchev–Trinajstić information content (AvgIpc) is 1.74. The van der Waals surface area contributed by atoms with E-state index in [1.807, 2.05) is 61.1 Å². The fourth-order valence-corrected chi connectivity index (χ4v) is 12.6. The van der Waals surface area contributed by atoms with Gasteiger partial charge in [0.25, 0.3) is 0 Å². The van der Waals surface area contributed by atoms with Crippen molar-refractivity contribution >= 4 is 136 Å². The first kappa shape index (κ1) is 51.5. The Morgan fingerprint density at radius 3 is 1.08 bits per heavy atom. The minimum absolute atomic E-state index is 0.0801. The molecule has 0 amide bonds. The monoisotopic (exact) mass is 1100 g/mol. The van der Waals surface area contributed by atoms with Crippen LogP contribution in [0.2, 0.25) is 0 Å². The molecular formula is C76H61BN4O4. The highest BCUT2D eigenvalue weighted by molar-refractivity contribution is 6.99. The summed E-state index contributed by atoms with van der Waals surface area (Å²) in [7, 11) is 0. The van der Waals surface area contributed by atoms with Crippen LogP contribution in [0.5, 0.6) is 0 Å². The molecule has 0 atom stereocenters. The molecule has 0 aliphatic carbocycles. The predicted octanol–water partition coefficient (Wildman–Crippen LogP) is 20.0. The van der Waals surface area contributed by atoms with Crippen molar-refractivity contribution in [3.63, 3.8) is 0 Å². The summed E-state index contributed by atoms with van der Waals surface area (Å²) in [4.78, 5) is 9.40. The highest BCUT2D eigenvalue weighted by Gasteiger charge is 2.50. The number of benzene rings is 10. The maximum absolute atomic E-state index is 6.86. The molecule has 14 aromatic rings. The molecule has 0 radical (unpaired) electrons. The molecule has 4 aromatic heterocycles. The molecule has 85 heavy (non-hydrogen) atoms. The van der Waals surface area contributed by atoms with Gasteiger partial charge in [-0.3, -0.25) is 0 Å². The largest absolute Gasteiger partial charge is 0.468 e. The van der Waals surface area contributed by atoms with Crippen molar-refractivity contribution in [2.24, 2.45) is 0 Å². The Kier molecular flexibility index (Phi) is 12.2. The van der Waals surface area contributed by atoms with E-state index in [2.05, 4.69) is 261 Å². The van der Waals surface area contributed by atoms with E-state index < -0.39 is 0 Å². The van der Waals surface area contributed by atoms with Crippen LogP contribution in [0.15, 0.2) is 279 Å². The van der Waals surface area contributed by atoms with Crippen molar-refractivity contribution in [2.45, 2.75) is 52.4 Å². The van der Waals surface area contributed by atoms with Crippen LogP contribution in [0.25, 0.3) is 43.9 Å². The van der Waals surface area contributed by atoms with Gasteiger partial charge in [-0.15, -0.1) is 0 Å². The van der Waals surface area contributed by atoms with E-state index in [0.717, 1.165) is 123 Å². The van der Waals surface area contributed by atoms with Crippen molar-refractivity contribution < 1.29 is 17.7 Å². The minimum Gasteiger partial charge on any atom is -0.468 e. The lowest BCUT2D eigenvalue weighted by molar-refractivity contribution is 0.590. The number of hydrogen-bond donors (Lipinski definition) is 0. The van der Waals surface area contributed by atoms with Crippen molar-refractivity contribution in [3.8, 4) is 0 Å². The summed E-state index contributed by atoms with van der Waals surface area (Å²) in [6, 6.07) is 87.1. The first-order chi connectivity index (χ1) is 41.5. The number of fused-ring (bicyclic) bond motifs is 10. The van der Waals surface area contributed by atoms with Crippen molar-refractivity contribution in [1.29, 1.82) is 0 Å². The van der Waals surface area contributed by atoms with Crippen molar-refractivity contribution in [2.75, 3.05) is 19.6 Å². The molecule has 0 spiro atoms. The summed E-state index contributed by atoms with van der Waals surface area (Å²) in [5.74, 6) is 0. The maximum Gasteiger partial charge on any atom is 0.342 e. The summed E-state index contributed by atoms with van der Waals surface area (Å²) in [5, 5.41) is 4.31. The Labute approximate surface area is 495 Å². The second-order valence-electron chi connectivity index (χ2n) is 24.1. The molecule has 0 saturated carbocycles. The molecule has 9 heteroatoms. The van der Waals surface area contributed by atoms with Gasteiger partial charge in [0.05, 0.1) is 22.7 Å². The van der Waals surface area contributed by atoms with Crippen LogP contribution in [0.4, 0.5) is 68.2 Å². The number of para-hydroxylation sites is 8. The quantitative estimate of drug-likeness (QED) is 0.139. The fraction of sp³-hybridized carbons (Fsp3) is 0.105. The van der Waals surface area contributed by atoms with E-state index >= 15 is 0 Å². The zero-order valence-electron chi connectivity index (χ0n) is 48.3. The van der Waals surface area contributed by atoms with Gasteiger partial charge in [0.15, 0.2) is 0 Å². The molecular weight excluding hydrogens is 1040 g/mol. The van der Waals surface area contributed by atoms with Crippen molar-refractivity contribution in [1.82, 2.24) is 0 Å². The third-order valence-electron chi connectivity index (χ3n) is 16.7. The van der Waals surface area contributed by atoms with Gasteiger partial charge in [-0.1, -0.05) is 163 Å². The van der Waals surface area contributed by atoms with E-state index in [1.165, 1.54) is 16.6 Å². The second kappa shape index (κ2) is 20.2. The Morgan fingerprint density at radius 2 is 0.682 bits per heavy atom. The average molecular weight is 1110 g/mol. The van der Waals surface area contributed by atoms with Gasteiger partial charge in [-0.2, -0.15) is 0 Å². The molecule has 2 aliphatic rings. The van der Waals surface area contributed by atoms with E-state index in [-0.39, 0.29) is 17.5 Å². The van der Waals surface area contributed by atoms with E-state index in [0.29, 0.717) is 0 Å². The number of rotatable bonds is 8. The molecule has 0 unspecified atom stereocenters. The molecule has 16 rings (SSSR count).